The molecule has 1 N–H and O–H groups in total. The standard InChI is InChI=1S/C10H10FN3/c1-7-12-10(14-13-7)6-8-2-4-9(11)5-3-8/h2-5H,6H2,1H3,(H,12,13,14). The van der Waals surface area contributed by atoms with Gasteiger partial charge in [0.15, 0.2) is 0 Å². The molecular formula is C10H10FN3. The fraction of sp³-hybridized carbons (Fsp3) is 0.200. The Morgan fingerprint density at radius 1 is 1.21 bits per heavy atom. The molecule has 0 atom stereocenters. The van der Waals surface area contributed by atoms with Crippen LogP contribution in [0.5, 0.6) is 0 Å². The topological polar surface area (TPSA) is 41.6 Å². The van der Waals surface area contributed by atoms with Gasteiger partial charge in [-0.3, -0.25) is 0 Å². The average molecular weight is 191 g/mol. The van der Waals surface area contributed by atoms with Crippen LogP contribution in [-0.4, -0.2) is 15.2 Å². The Morgan fingerprint density at radius 2 is 1.93 bits per heavy atom. The molecule has 0 bridgehead atoms. The van der Waals surface area contributed by atoms with E-state index in [9.17, 15) is 4.39 Å². The Morgan fingerprint density at radius 3 is 2.50 bits per heavy atom. The predicted octanol–water partition coefficient (Wildman–Crippen LogP) is 1.84. The summed E-state index contributed by atoms with van der Waals surface area (Å²) < 4.78 is 12.6. The van der Waals surface area contributed by atoms with Crippen LogP contribution >= 0.6 is 0 Å². The SMILES string of the molecule is Cc1nnc(Cc2ccc(F)cc2)[nH]1. The summed E-state index contributed by atoms with van der Waals surface area (Å²) in [5.41, 5.74) is 1.02. The molecule has 0 spiro atoms. The number of aryl methyl sites for hydroxylation is 1. The molecule has 0 radical (unpaired) electrons. The first-order chi connectivity index (χ1) is 6.74. The van der Waals surface area contributed by atoms with Gasteiger partial charge in [0, 0.05) is 6.42 Å². The maximum atomic E-state index is 12.6. The Bertz CT molecular complexity index is 419. The van der Waals surface area contributed by atoms with E-state index in [1.807, 2.05) is 6.92 Å². The van der Waals surface area contributed by atoms with Crippen LogP contribution in [0.2, 0.25) is 0 Å². The second kappa shape index (κ2) is 3.57. The molecule has 0 fully saturated rings. The fourth-order valence-electron chi connectivity index (χ4n) is 1.27. The monoisotopic (exact) mass is 191 g/mol. The first-order valence-electron chi connectivity index (χ1n) is 4.36. The van der Waals surface area contributed by atoms with Crippen molar-refractivity contribution in [3.63, 3.8) is 0 Å². The lowest BCUT2D eigenvalue weighted by molar-refractivity contribution is 0.627. The molecule has 0 unspecified atom stereocenters. The van der Waals surface area contributed by atoms with Gasteiger partial charge in [0.05, 0.1) is 0 Å². The van der Waals surface area contributed by atoms with Gasteiger partial charge in [-0.05, 0) is 24.6 Å². The van der Waals surface area contributed by atoms with Crippen LogP contribution in [0.15, 0.2) is 24.3 Å². The van der Waals surface area contributed by atoms with Crippen LogP contribution in [0.4, 0.5) is 4.39 Å². The third-order valence-electron chi connectivity index (χ3n) is 1.93. The first-order valence-corrected chi connectivity index (χ1v) is 4.36. The highest BCUT2D eigenvalue weighted by Gasteiger charge is 2.00. The summed E-state index contributed by atoms with van der Waals surface area (Å²) in [7, 11) is 0. The predicted molar refractivity (Wildman–Crippen MR) is 50.3 cm³/mol. The Hall–Kier alpha value is -1.71. The number of hydrogen-bond acceptors (Lipinski definition) is 2. The number of nitrogens with zero attached hydrogens (tertiary/aromatic N) is 2. The first kappa shape index (κ1) is 8.87. The van der Waals surface area contributed by atoms with E-state index in [0.717, 1.165) is 17.2 Å². The Kier molecular flexibility index (Phi) is 2.26. The van der Waals surface area contributed by atoms with Crippen molar-refractivity contribution in [2.45, 2.75) is 13.3 Å². The van der Waals surface area contributed by atoms with Crippen LogP contribution < -0.4 is 0 Å². The molecule has 4 heteroatoms. The van der Waals surface area contributed by atoms with E-state index in [1.54, 1.807) is 12.1 Å². The lowest BCUT2D eigenvalue weighted by Crippen LogP contribution is -1.90. The van der Waals surface area contributed by atoms with Gasteiger partial charge >= 0.3 is 0 Å². The molecule has 1 aromatic carbocycles. The number of hydrogen-bond donors (Lipinski definition) is 1. The molecule has 1 aromatic heterocycles. The van der Waals surface area contributed by atoms with Crippen molar-refractivity contribution < 1.29 is 4.39 Å². The molecule has 0 aliphatic rings. The van der Waals surface area contributed by atoms with E-state index in [1.165, 1.54) is 12.1 Å². The largest absolute Gasteiger partial charge is 0.329 e. The van der Waals surface area contributed by atoms with Crippen molar-refractivity contribution in [2.24, 2.45) is 0 Å². The second-order valence-corrected chi connectivity index (χ2v) is 3.16. The minimum atomic E-state index is -0.220. The van der Waals surface area contributed by atoms with Crippen molar-refractivity contribution in [2.75, 3.05) is 0 Å². The summed E-state index contributed by atoms with van der Waals surface area (Å²) in [4.78, 5) is 3.02. The quantitative estimate of drug-likeness (QED) is 0.787. The van der Waals surface area contributed by atoms with E-state index in [4.69, 9.17) is 0 Å². The summed E-state index contributed by atoms with van der Waals surface area (Å²) in [5.74, 6) is 1.37. The van der Waals surface area contributed by atoms with Gasteiger partial charge in [-0.2, -0.15) is 0 Å². The van der Waals surface area contributed by atoms with E-state index in [2.05, 4.69) is 15.2 Å². The lowest BCUT2D eigenvalue weighted by Gasteiger charge is -1.96. The summed E-state index contributed by atoms with van der Waals surface area (Å²) in [6.45, 7) is 1.85. The number of aromatic nitrogens is 3. The van der Waals surface area contributed by atoms with E-state index in [-0.39, 0.29) is 5.82 Å². The molecule has 2 aromatic rings. The van der Waals surface area contributed by atoms with Crippen LogP contribution in [0.25, 0.3) is 0 Å². The third-order valence-corrected chi connectivity index (χ3v) is 1.93. The van der Waals surface area contributed by atoms with Crippen molar-refractivity contribution in [3.05, 3.63) is 47.3 Å². The van der Waals surface area contributed by atoms with Crippen LogP contribution in [0.1, 0.15) is 17.2 Å². The lowest BCUT2D eigenvalue weighted by atomic mass is 10.1. The zero-order valence-electron chi connectivity index (χ0n) is 7.79. The molecule has 0 saturated heterocycles. The second-order valence-electron chi connectivity index (χ2n) is 3.16. The molecule has 2 rings (SSSR count). The molecule has 0 saturated carbocycles. The highest BCUT2D eigenvalue weighted by molar-refractivity contribution is 5.19. The average Bonchev–Trinajstić information content (AvgIpc) is 2.56. The minimum Gasteiger partial charge on any atom is -0.329 e. The highest BCUT2D eigenvalue weighted by atomic mass is 19.1. The molecule has 0 aliphatic carbocycles. The Balaban J connectivity index is 2.15. The van der Waals surface area contributed by atoms with Crippen LogP contribution in [0.3, 0.4) is 0 Å². The molecule has 0 amide bonds. The minimum absolute atomic E-state index is 0.220. The van der Waals surface area contributed by atoms with Gasteiger partial charge in [0.25, 0.3) is 0 Å². The molecular weight excluding hydrogens is 181 g/mol. The van der Waals surface area contributed by atoms with E-state index < -0.39 is 0 Å². The zero-order chi connectivity index (χ0) is 9.97. The number of rotatable bonds is 2. The van der Waals surface area contributed by atoms with Crippen molar-refractivity contribution in [3.8, 4) is 0 Å². The number of halogens is 1. The third kappa shape index (κ3) is 1.96. The highest BCUT2D eigenvalue weighted by Crippen LogP contribution is 2.06. The molecule has 0 aliphatic heterocycles. The van der Waals surface area contributed by atoms with Crippen molar-refractivity contribution in [1.29, 1.82) is 0 Å². The molecule has 14 heavy (non-hydrogen) atoms. The number of H-pyrrole nitrogens is 1. The number of benzene rings is 1. The summed E-state index contributed by atoms with van der Waals surface area (Å²) in [6, 6.07) is 6.37. The van der Waals surface area contributed by atoms with Gasteiger partial charge in [-0.25, -0.2) is 4.39 Å². The fourth-order valence-corrected chi connectivity index (χ4v) is 1.27. The van der Waals surface area contributed by atoms with Crippen molar-refractivity contribution in [1.82, 2.24) is 15.2 Å². The summed E-state index contributed by atoms with van der Waals surface area (Å²) in [5, 5.41) is 7.78. The number of aromatic amines is 1. The Labute approximate surface area is 81.0 Å². The van der Waals surface area contributed by atoms with Gasteiger partial charge < -0.3 is 4.98 Å². The van der Waals surface area contributed by atoms with E-state index in [0.29, 0.717) is 6.42 Å². The summed E-state index contributed by atoms with van der Waals surface area (Å²) >= 11 is 0. The van der Waals surface area contributed by atoms with Gasteiger partial charge in [-0.15, -0.1) is 10.2 Å². The smallest absolute Gasteiger partial charge is 0.134 e. The summed E-state index contributed by atoms with van der Waals surface area (Å²) in [6.07, 6.45) is 0.654. The number of nitrogens with one attached hydrogen (secondary N) is 1. The normalized spacial score (nSPS) is 10.4. The van der Waals surface area contributed by atoms with Crippen molar-refractivity contribution >= 4 is 0 Å². The molecule has 3 nitrogen and oxygen atoms in total. The zero-order valence-corrected chi connectivity index (χ0v) is 7.79. The maximum absolute atomic E-state index is 12.6. The van der Waals surface area contributed by atoms with E-state index >= 15 is 0 Å². The molecule has 72 valence electrons. The van der Waals surface area contributed by atoms with Crippen LogP contribution in [0, 0.1) is 12.7 Å². The van der Waals surface area contributed by atoms with Gasteiger partial charge in [-0.1, -0.05) is 12.1 Å². The maximum Gasteiger partial charge on any atom is 0.134 e. The molecule has 1 heterocycles. The van der Waals surface area contributed by atoms with Crippen LogP contribution in [-0.2, 0) is 6.42 Å². The van der Waals surface area contributed by atoms with Gasteiger partial charge in [0.1, 0.15) is 17.5 Å². The van der Waals surface area contributed by atoms with Gasteiger partial charge in [0.2, 0.25) is 0 Å².